The second-order valence-corrected chi connectivity index (χ2v) is 6.49. The Morgan fingerprint density at radius 2 is 1.77 bits per heavy atom. The molecule has 0 fully saturated rings. The molecule has 5 nitrogen and oxygen atoms in total. The van der Waals surface area contributed by atoms with Gasteiger partial charge in [-0.3, -0.25) is 9.69 Å². The summed E-state index contributed by atoms with van der Waals surface area (Å²) >= 11 is 0. The predicted molar refractivity (Wildman–Crippen MR) is 99.9 cm³/mol. The van der Waals surface area contributed by atoms with Gasteiger partial charge in [-0.1, -0.05) is 24.3 Å². The van der Waals surface area contributed by atoms with Gasteiger partial charge in [0.1, 0.15) is 5.82 Å². The first kappa shape index (κ1) is 16.4. The highest BCUT2D eigenvalue weighted by Gasteiger charge is 2.26. The fourth-order valence-corrected chi connectivity index (χ4v) is 3.26. The van der Waals surface area contributed by atoms with Gasteiger partial charge in [0.05, 0.1) is 17.5 Å². The molecule has 0 saturated carbocycles. The lowest BCUT2D eigenvalue weighted by Gasteiger charge is -2.23. The van der Waals surface area contributed by atoms with E-state index in [9.17, 15) is 9.18 Å². The zero-order valence-electron chi connectivity index (χ0n) is 14.5. The lowest BCUT2D eigenvalue weighted by atomic mass is 10.1. The number of hydrogen-bond donors (Lipinski definition) is 0. The molecule has 0 spiro atoms. The molecule has 2 aromatic carbocycles. The summed E-state index contributed by atoms with van der Waals surface area (Å²) in [7, 11) is 1.96. The average molecular weight is 350 g/mol. The normalized spacial score (nSPS) is 14.2. The van der Waals surface area contributed by atoms with Crippen molar-refractivity contribution in [3.05, 3.63) is 59.9 Å². The number of halogens is 1. The first-order valence-corrected chi connectivity index (χ1v) is 8.64. The molecule has 6 heteroatoms. The maximum atomic E-state index is 13.4. The van der Waals surface area contributed by atoms with E-state index in [-0.39, 0.29) is 18.1 Å². The number of fused-ring (bicyclic) bond motifs is 2. The third-order valence-corrected chi connectivity index (χ3v) is 4.57. The second-order valence-electron chi connectivity index (χ2n) is 6.49. The number of rotatable bonds is 2. The molecule has 0 atom stereocenters. The molecular formula is C20H19FN4O. The van der Waals surface area contributed by atoms with Gasteiger partial charge in [-0.25, -0.2) is 14.4 Å². The minimum atomic E-state index is -0.336. The van der Waals surface area contributed by atoms with Gasteiger partial charge in [0.2, 0.25) is 5.91 Å². The van der Waals surface area contributed by atoms with Crippen molar-refractivity contribution in [3.8, 4) is 0 Å². The standard InChI is InChI=1S/C20H19FN4O/c1-24-10-5-11-25(18(26)13-14-6-4-7-15(21)12-14)20-19(24)22-16-8-2-3-9-17(16)23-20/h2-4,6-9,12H,5,10-11,13H2,1H3. The number of anilines is 2. The number of carbonyl (C=O) groups excluding carboxylic acids is 1. The largest absolute Gasteiger partial charge is 0.357 e. The summed E-state index contributed by atoms with van der Waals surface area (Å²) in [5.41, 5.74) is 2.21. The van der Waals surface area contributed by atoms with Crippen LogP contribution in [0, 0.1) is 5.82 Å². The Morgan fingerprint density at radius 1 is 1.04 bits per heavy atom. The van der Waals surface area contributed by atoms with E-state index in [1.807, 2.05) is 36.2 Å². The topological polar surface area (TPSA) is 49.3 Å². The molecule has 0 N–H and O–H groups in total. The van der Waals surface area contributed by atoms with Crippen LogP contribution in [0.5, 0.6) is 0 Å². The van der Waals surface area contributed by atoms with E-state index in [0.717, 1.165) is 24.0 Å². The Balaban J connectivity index is 1.73. The van der Waals surface area contributed by atoms with Gasteiger partial charge in [-0.15, -0.1) is 0 Å². The smallest absolute Gasteiger partial charge is 0.232 e. The number of hydrogen-bond acceptors (Lipinski definition) is 4. The lowest BCUT2D eigenvalue weighted by molar-refractivity contribution is -0.118. The van der Waals surface area contributed by atoms with Crippen LogP contribution in [-0.4, -0.2) is 36.0 Å². The molecular weight excluding hydrogens is 331 g/mol. The lowest BCUT2D eigenvalue weighted by Crippen LogP contribution is -2.33. The van der Waals surface area contributed by atoms with E-state index in [0.29, 0.717) is 23.7 Å². The van der Waals surface area contributed by atoms with E-state index < -0.39 is 0 Å². The van der Waals surface area contributed by atoms with Crippen LogP contribution in [0.2, 0.25) is 0 Å². The Morgan fingerprint density at radius 3 is 2.50 bits per heavy atom. The number of benzene rings is 2. The molecule has 1 aromatic heterocycles. The first-order valence-electron chi connectivity index (χ1n) is 8.64. The summed E-state index contributed by atoms with van der Waals surface area (Å²) in [4.78, 5) is 26.1. The van der Waals surface area contributed by atoms with Gasteiger partial charge in [-0.05, 0) is 36.2 Å². The number of para-hydroxylation sites is 2. The van der Waals surface area contributed by atoms with Crippen LogP contribution in [0.3, 0.4) is 0 Å². The van der Waals surface area contributed by atoms with Crippen LogP contribution < -0.4 is 9.80 Å². The summed E-state index contributed by atoms with van der Waals surface area (Å²) in [6, 6.07) is 13.8. The van der Waals surface area contributed by atoms with E-state index >= 15 is 0 Å². The highest BCUT2D eigenvalue weighted by Crippen LogP contribution is 2.30. The van der Waals surface area contributed by atoms with E-state index in [2.05, 4.69) is 0 Å². The van der Waals surface area contributed by atoms with Crippen molar-refractivity contribution in [2.45, 2.75) is 12.8 Å². The Kier molecular flexibility index (Phi) is 4.24. The van der Waals surface area contributed by atoms with Crippen molar-refractivity contribution >= 4 is 28.6 Å². The van der Waals surface area contributed by atoms with Crippen molar-refractivity contribution < 1.29 is 9.18 Å². The van der Waals surface area contributed by atoms with E-state index in [1.165, 1.54) is 12.1 Å². The van der Waals surface area contributed by atoms with Gasteiger partial charge in [0.15, 0.2) is 11.6 Å². The van der Waals surface area contributed by atoms with Crippen LogP contribution in [0.15, 0.2) is 48.5 Å². The van der Waals surface area contributed by atoms with Crippen LogP contribution >= 0.6 is 0 Å². The monoisotopic (exact) mass is 350 g/mol. The third kappa shape index (κ3) is 3.10. The zero-order chi connectivity index (χ0) is 18.1. The molecule has 0 radical (unpaired) electrons. The molecule has 0 aliphatic carbocycles. The van der Waals surface area contributed by atoms with Gasteiger partial charge < -0.3 is 4.90 Å². The summed E-state index contributed by atoms with van der Waals surface area (Å²) in [6.45, 7) is 1.36. The van der Waals surface area contributed by atoms with Crippen LogP contribution in [0.4, 0.5) is 16.0 Å². The SMILES string of the molecule is CN1CCCN(C(=O)Cc2cccc(F)c2)c2nc3ccccc3nc21. The van der Waals surface area contributed by atoms with Crippen molar-refractivity contribution in [2.24, 2.45) is 0 Å². The minimum Gasteiger partial charge on any atom is -0.357 e. The molecule has 3 aromatic rings. The summed E-state index contributed by atoms with van der Waals surface area (Å²) in [5.74, 6) is 0.840. The fraction of sp³-hybridized carbons (Fsp3) is 0.250. The molecule has 0 bridgehead atoms. The van der Waals surface area contributed by atoms with E-state index in [4.69, 9.17) is 9.97 Å². The third-order valence-electron chi connectivity index (χ3n) is 4.57. The molecule has 1 aliphatic heterocycles. The van der Waals surface area contributed by atoms with Crippen molar-refractivity contribution in [1.29, 1.82) is 0 Å². The van der Waals surface area contributed by atoms with Crippen molar-refractivity contribution in [3.63, 3.8) is 0 Å². The number of aromatic nitrogens is 2. The maximum Gasteiger partial charge on any atom is 0.232 e. The predicted octanol–water partition coefficient (Wildman–Crippen LogP) is 3.18. The summed E-state index contributed by atoms with van der Waals surface area (Å²) < 4.78 is 13.4. The summed E-state index contributed by atoms with van der Waals surface area (Å²) in [6.07, 6.45) is 0.954. The number of nitrogens with zero attached hydrogens (tertiary/aromatic N) is 4. The second kappa shape index (κ2) is 6.71. The van der Waals surface area contributed by atoms with Crippen LogP contribution in [0.25, 0.3) is 11.0 Å². The highest BCUT2D eigenvalue weighted by atomic mass is 19.1. The van der Waals surface area contributed by atoms with E-state index in [1.54, 1.807) is 17.0 Å². The first-order chi connectivity index (χ1) is 12.6. The Hall–Kier alpha value is -3.02. The molecule has 1 amide bonds. The number of amides is 1. The highest BCUT2D eigenvalue weighted by molar-refractivity contribution is 5.97. The van der Waals surface area contributed by atoms with Crippen molar-refractivity contribution in [1.82, 2.24) is 9.97 Å². The zero-order valence-corrected chi connectivity index (χ0v) is 14.5. The fourth-order valence-electron chi connectivity index (χ4n) is 3.26. The molecule has 26 heavy (non-hydrogen) atoms. The Bertz CT molecular complexity index is 975. The number of carbonyl (C=O) groups is 1. The van der Waals surface area contributed by atoms with Gasteiger partial charge in [-0.2, -0.15) is 0 Å². The quantitative estimate of drug-likeness (QED) is 0.712. The Labute approximate surface area is 151 Å². The molecule has 2 heterocycles. The maximum absolute atomic E-state index is 13.4. The average Bonchev–Trinajstić information content (AvgIpc) is 2.79. The molecule has 132 valence electrons. The van der Waals surface area contributed by atoms with Gasteiger partial charge in [0, 0.05) is 20.1 Å². The molecule has 4 rings (SSSR count). The minimum absolute atomic E-state index is 0.100. The van der Waals surface area contributed by atoms with Crippen LogP contribution in [0.1, 0.15) is 12.0 Å². The van der Waals surface area contributed by atoms with Gasteiger partial charge in [0.25, 0.3) is 0 Å². The molecule has 0 unspecified atom stereocenters. The van der Waals surface area contributed by atoms with Crippen molar-refractivity contribution in [2.75, 3.05) is 29.9 Å². The van der Waals surface area contributed by atoms with Gasteiger partial charge >= 0.3 is 0 Å². The van der Waals surface area contributed by atoms with Crippen LogP contribution in [-0.2, 0) is 11.2 Å². The summed E-state index contributed by atoms with van der Waals surface area (Å²) in [5, 5.41) is 0. The molecule has 1 aliphatic rings. The molecule has 0 saturated heterocycles.